The van der Waals surface area contributed by atoms with E-state index in [2.05, 4.69) is 0 Å². The Labute approximate surface area is 116 Å². The second-order valence-corrected chi connectivity index (χ2v) is 5.05. The van der Waals surface area contributed by atoms with Crippen LogP contribution in [0.4, 0.5) is 4.39 Å². The Morgan fingerprint density at radius 3 is 2.25 bits per heavy atom. The highest BCUT2D eigenvalue weighted by Crippen LogP contribution is 2.54. The first-order valence-corrected chi connectivity index (χ1v) is 6.52. The number of halogens is 1. The molecule has 0 amide bonds. The zero-order valence-corrected chi connectivity index (χ0v) is 10.7. The van der Waals surface area contributed by atoms with Gasteiger partial charge in [-0.25, -0.2) is 4.39 Å². The summed E-state index contributed by atoms with van der Waals surface area (Å²) in [4.78, 5) is 23.5. The van der Waals surface area contributed by atoms with E-state index in [1.807, 2.05) is 30.3 Å². The van der Waals surface area contributed by atoms with Crippen LogP contribution in [0.3, 0.4) is 0 Å². The molecule has 0 spiro atoms. The quantitative estimate of drug-likeness (QED) is 0.630. The second kappa shape index (κ2) is 5.00. The van der Waals surface area contributed by atoms with Crippen LogP contribution in [-0.2, 0) is 4.79 Å². The van der Waals surface area contributed by atoms with E-state index in [9.17, 15) is 14.0 Å². The molecule has 3 heteroatoms. The van der Waals surface area contributed by atoms with E-state index in [1.165, 1.54) is 24.3 Å². The highest BCUT2D eigenvalue weighted by Gasteiger charge is 2.55. The van der Waals surface area contributed by atoms with Crippen molar-refractivity contribution in [3.8, 4) is 0 Å². The van der Waals surface area contributed by atoms with Crippen LogP contribution in [0.25, 0.3) is 0 Å². The Bertz CT molecular complexity index is 634. The molecule has 0 aliphatic heterocycles. The number of hydrogen-bond acceptors (Lipinski definition) is 2. The van der Waals surface area contributed by atoms with Crippen LogP contribution in [0, 0.1) is 17.7 Å². The largest absolute Gasteiger partial charge is 0.303 e. The van der Waals surface area contributed by atoms with Crippen LogP contribution < -0.4 is 0 Å². The number of aldehydes is 1. The molecule has 2 nitrogen and oxygen atoms in total. The van der Waals surface area contributed by atoms with E-state index in [4.69, 9.17) is 0 Å². The molecular formula is C17H13FO2. The lowest BCUT2D eigenvalue weighted by Gasteiger charge is -2.00. The van der Waals surface area contributed by atoms with Crippen molar-refractivity contribution >= 4 is 12.1 Å². The minimum Gasteiger partial charge on any atom is -0.303 e. The van der Waals surface area contributed by atoms with Crippen molar-refractivity contribution in [3.05, 3.63) is 71.5 Å². The molecule has 3 rings (SSSR count). The first-order chi connectivity index (χ1) is 9.72. The van der Waals surface area contributed by atoms with E-state index >= 15 is 0 Å². The zero-order chi connectivity index (χ0) is 14.1. The van der Waals surface area contributed by atoms with Gasteiger partial charge in [0.15, 0.2) is 5.78 Å². The molecule has 0 radical (unpaired) electrons. The summed E-state index contributed by atoms with van der Waals surface area (Å²) >= 11 is 0. The fraction of sp³-hybridized carbons (Fsp3) is 0.176. The van der Waals surface area contributed by atoms with Gasteiger partial charge >= 0.3 is 0 Å². The first kappa shape index (κ1) is 12.7. The van der Waals surface area contributed by atoms with Crippen LogP contribution in [0.2, 0.25) is 0 Å². The number of carbonyl (C=O) groups excluding carboxylic acids is 2. The van der Waals surface area contributed by atoms with Crippen molar-refractivity contribution in [2.75, 3.05) is 0 Å². The first-order valence-electron chi connectivity index (χ1n) is 6.52. The summed E-state index contributed by atoms with van der Waals surface area (Å²) in [6.45, 7) is 0. The van der Waals surface area contributed by atoms with Gasteiger partial charge in [0.25, 0.3) is 0 Å². The topological polar surface area (TPSA) is 34.1 Å². The zero-order valence-electron chi connectivity index (χ0n) is 10.7. The summed E-state index contributed by atoms with van der Waals surface area (Å²) in [7, 11) is 0. The predicted molar refractivity (Wildman–Crippen MR) is 73.0 cm³/mol. The minimum absolute atomic E-state index is 0.0498. The van der Waals surface area contributed by atoms with Crippen molar-refractivity contribution in [1.82, 2.24) is 0 Å². The molecule has 0 N–H and O–H groups in total. The second-order valence-electron chi connectivity index (χ2n) is 5.05. The third kappa shape index (κ3) is 2.16. The molecule has 1 fully saturated rings. The van der Waals surface area contributed by atoms with Crippen LogP contribution >= 0.6 is 0 Å². The van der Waals surface area contributed by atoms with Gasteiger partial charge < -0.3 is 4.79 Å². The molecular weight excluding hydrogens is 255 g/mol. The molecule has 0 heterocycles. The lowest BCUT2D eigenvalue weighted by atomic mass is 10.0. The van der Waals surface area contributed by atoms with Gasteiger partial charge in [-0.3, -0.25) is 4.79 Å². The van der Waals surface area contributed by atoms with Gasteiger partial charge in [0.05, 0.1) is 0 Å². The molecule has 1 aliphatic carbocycles. The molecule has 2 aromatic rings. The standard InChI is InChI=1S/C17H13FO2/c18-13-8-6-12(7-9-13)17(20)16-14(10-19)15(16)11-4-2-1-3-5-11/h1-10,14-16H/t14-,15-,16-/m1/s1. The Balaban J connectivity index is 1.85. The SMILES string of the molecule is O=C[C@H]1[C@@H](C(=O)c2ccc(F)cc2)[C@@H]1c1ccccc1. The van der Waals surface area contributed by atoms with Gasteiger partial charge in [-0.2, -0.15) is 0 Å². The lowest BCUT2D eigenvalue weighted by Crippen LogP contribution is -2.04. The molecule has 2 aromatic carbocycles. The monoisotopic (exact) mass is 268 g/mol. The molecule has 1 aliphatic rings. The Hall–Kier alpha value is -2.29. The maximum absolute atomic E-state index is 12.9. The van der Waals surface area contributed by atoms with Gasteiger partial charge in [-0.15, -0.1) is 0 Å². The van der Waals surface area contributed by atoms with Gasteiger partial charge in [0.1, 0.15) is 12.1 Å². The smallest absolute Gasteiger partial charge is 0.167 e. The summed E-state index contributed by atoms with van der Waals surface area (Å²) < 4.78 is 12.9. The van der Waals surface area contributed by atoms with E-state index in [-0.39, 0.29) is 29.4 Å². The van der Waals surface area contributed by atoms with Crippen molar-refractivity contribution in [1.29, 1.82) is 0 Å². The highest BCUT2D eigenvalue weighted by atomic mass is 19.1. The van der Waals surface area contributed by atoms with Crippen LogP contribution in [0.1, 0.15) is 21.8 Å². The number of benzene rings is 2. The predicted octanol–water partition coefficient (Wildman–Crippen LogP) is 3.24. The van der Waals surface area contributed by atoms with Gasteiger partial charge in [-0.05, 0) is 29.8 Å². The summed E-state index contributed by atoms with van der Waals surface area (Å²) in [5.74, 6) is -1.10. The third-order valence-corrected chi connectivity index (χ3v) is 3.85. The fourth-order valence-electron chi connectivity index (χ4n) is 2.75. The average Bonchev–Trinajstić information content (AvgIpc) is 3.22. The number of hydrogen-bond donors (Lipinski definition) is 0. The molecule has 20 heavy (non-hydrogen) atoms. The molecule has 3 atom stereocenters. The fourth-order valence-corrected chi connectivity index (χ4v) is 2.75. The van der Waals surface area contributed by atoms with Gasteiger partial charge in [0.2, 0.25) is 0 Å². The number of rotatable bonds is 4. The average molecular weight is 268 g/mol. The van der Waals surface area contributed by atoms with E-state index in [0.29, 0.717) is 5.56 Å². The number of ketones is 1. The van der Waals surface area contributed by atoms with E-state index in [1.54, 1.807) is 0 Å². The summed E-state index contributed by atoms with van der Waals surface area (Å²) in [5, 5.41) is 0. The van der Waals surface area contributed by atoms with Crippen molar-refractivity contribution in [2.24, 2.45) is 11.8 Å². The molecule has 100 valence electrons. The maximum atomic E-state index is 12.9. The minimum atomic E-state index is -0.371. The Kier molecular flexibility index (Phi) is 3.18. The van der Waals surface area contributed by atoms with Gasteiger partial charge in [-0.1, -0.05) is 30.3 Å². The van der Waals surface area contributed by atoms with E-state index < -0.39 is 0 Å². The third-order valence-electron chi connectivity index (χ3n) is 3.85. The van der Waals surface area contributed by atoms with E-state index in [0.717, 1.165) is 11.8 Å². The lowest BCUT2D eigenvalue weighted by molar-refractivity contribution is -0.109. The summed E-state index contributed by atoms with van der Waals surface area (Å²) in [6.07, 6.45) is 0.851. The number of Topliss-reactive ketones (excluding diaryl/α,β-unsaturated/α-hetero) is 1. The van der Waals surface area contributed by atoms with Crippen LogP contribution in [0.15, 0.2) is 54.6 Å². The normalized spacial score (nSPS) is 24.1. The maximum Gasteiger partial charge on any atom is 0.167 e. The molecule has 0 bridgehead atoms. The number of carbonyl (C=O) groups is 2. The van der Waals surface area contributed by atoms with Crippen molar-refractivity contribution < 1.29 is 14.0 Å². The molecule has 0 saturated heterocycles. The van der Waals surface area contributed by atoms with Crippen LogP contribution in [-0.4, -0.2) is 12.1 Å². The summed E-state index contributed by atoms with van der Waals surface area (Å²) in [6, 6.07) is 15.0. The molecule has 0 unspecified atom stereocenters. The van der Waals surface area contributed by atoms with Crippen molar-refractivity contribution in [3.63, 3.8) is 0 Å². The van der Waals surface area contributed by atoms with Crippen LogP contribution in [0.5, 0.6) is 0 Å². The Morgan fingerprint density at radius 2 is 1.65 bits per heavy atom. The molecule has 0 aromatic heterocycles. The highest BCUT2D eigenvalue weighted by molar-refractivity contribution is 6.03. The van der Waals surface area contributed by atoms with Crippen molar-refractivity contribution in [2.45, 2.75) is 5.92 Å². The molecule has 1 saturated carbocycles. The van der Waals surface area contributed by atoms with Gasteiger partial charge in [0, 0.05) is 23.3 Å². The summed E-state index contributed by atoms with van der Waals surface area (Å²) in [5.41, 5.74) is 1.46. The Morgan fingerprint density at radius 1 is 1.00 bits per heavy atom.